The molecule has 0 spiro atoms. The van der Waals surface area contributed by atoms with Crippen molar-refractivity contribution in [2.24, 2.45) is 0 Å². The third-order valence-corrected chi connectivity index (χ3v) is 3.52. The monoisotopic (exact) mass is 377 g/mol. The number of carbonyl (C=O) groups is 2. The van der Waals surface area contributed by atoms with Gasteiger partial charge in [0.1, 0.15) is 5.75 Å². The van der Waals surface area contributed by atoms with Crippen LogP contribution in [0.15, 0.2) is 53.0 Å². The highest BCUT2D eigenvalue weighted by Crippen LogP contribution is 2.23. The summed E-state index contributed by atoms with van der Waals surface area (Å²) in [6.45, 7) is 1.34. The van der Waals surface area contributed by atoms with Crippen LogP contribution >= 0.6 is 15.9 Å². The number of hydrogen-bond acceptors (Lipinski definition) is 4. The van der Waals surface area contributed by atoms with Crippen LogP contribution in [0.1, 0.15) is 5.56 Å². The fourth-order valence-corrected chi connectivity index (χ4v) is 2.35. The Morgan fingerprint density at radius 2 is 1.83 bits per heavy atom. The summed E-state index contributed by atoms with van der Waals surface area (Å²) in [4.78, 5) is 23.3. The fourth-order valence-electron chi connectivity index (χ4n) is 1.75. The standard InChI is InChI=1S/C17H16BrNO4/c1-12-7-8-15(14(18)9-12)19-16(20)10-23-17(21)11-22-13-5-3-2-4-6-13/h2-9H,10-11H2,1H3,(H,19,20). The van der Waals surface area contributed by atoms with Crippen LogP contribution in [-0.2, 0) is 14.3 Å². The van der Waals surface area contributed by atoms with Crippen molar-refractivity contribution < 1.29 is 19.1 Å². The van der Waals surface area contributed by atoms with Gasteiger partial charge in [-0.2, -0.15) is 0 Å². The van der Waals surface area contributed by atoms with Gasteiger partial charge in [0.15, 0.2) is 13.2 Å². The van der Waals surface area contributed by atoms with E-state index in [9.17, 15) is 9.59 Å². The Balaban J connectivity index is 1.74. The van der Waals surface area contributed by atoms with Crippen molar-refractivity contribution in [3.8, 4) is 5.75 Å². The second kappa shape index (κ2) is 8.33. The molecule has 0 aliphatic heterocycles. The van der Waals surface area contributed by atoms with E-state index in [4.69, 9.17) is 9.47 Å². The van der Waals surface area contributed by atoms with E-state index in [1.807, 2.05) is 25.1 Å². The lowest BCUT2D eigenvalue weighted by molar-refractivity contribution is -0.149. The van der Waals surface area contributed by atoms with Crippen LogP contribution in [0, 0.1) is 6.92 Å². The molecule has 0 saturated carbocycles. The van der Waals surface area contributed by atoms with Crippen LogP contribution < -0.4 is 10.1 Å². The van der Waals surface area contributed by atoms with Crippen molar-refractivity contribution in [2.75, 3.05) is 18.5 Å². The Morgan fingerprint density at radius 3 is 2.52 bits per heavy atom. The third-order valence-electron chi connectivity index (χ3n) is 2.86. The molecule has 0 aliphatic rings. The zero-order valence-electron chi connectivity index (χ0n) is 12.5. The van der Waals surface area contributed by atoms with E-state index < -0.39 is 11.9 Å². The van der Waals surface area contributed by atoms with Crippen molar-refractivity contribution in [1.82, 2.24) is 0 Å². The number of aryl methyl sites for hydroxylation is 1. The molecule has 0 unspecified atom stereocenters. The number of amides is 1. The maximum atomic E-state index is 11.8. The molecule has 1 N–H and O–H groups in total. The highest BCUT2D eigenvalue weighted by molar-refractivity contribution is 9.10. The summed E-state index contributed by atoms with van der Waals surface area (Å²) >= 11 is 3.36. The van der Waals surface area contributed by atoms with Crippen LogP contribution in [0.5, 0.6) is 5.75 Å². The summed E-state index contributed by atoms with van der Waals surface area (Å²) in [6.07, 6.45) is 0. The Kier molecular flexibility index (Phi) is 6.17. The van der Waals surface area contributed by atoms with Gasteiger partial charge >= 0.3 is 5.97 Å². The number of carbonyl (C=O) groups excluding carboxylic acids is 2. The van der Waals surface area contributed by atoms with Crippen molar-refractivity contribution in [3.05, 3.63) is 58.6 Å². The molecule has 0 aromatic heterocycles. The molecule has 0 atom stereocenters. The van der Waals surface area contributed by atoms with Crippen molar-refractivity contribution >= 4 is 33.5 Å². The van der Waals surface area contributed by atoms with E-state index >= 15 is 0 Å². The quantitative estimate of drug-likeness (QED) is 0.784. The van der Waals surface area contributed by atoms with Gasteiger partial charge in [0, 0.05) is 4.47 Å². The SMILES string of the molecule is Cc1ccc(NC(=O)COC(=O)COc2ccccc2)c(Br)c1. The number of halogens is 1. The first-order valence-electron chi connectivity index (χ1n) is 6.94. The van der Waals surface area contributed by atoms with Gasteiger partial charge in [-0.1, -0.05) is 24.3 Å². The minimum atomic E-state index is -0.605. The largest absolute Gasteiger partial charge is 0.482 e. The maximum Gasteiger partial charge on any atom is 0.344 e. The molecule has 0 saturated heterocycles. The average molecular weight is 378 g/mol. The second-order valence-corrected chi connectivity index (χ2v) is 5.65. The smallest absolute Gasteiger partial charge is 0.344 e. The Labute approximate surface area is 142 Å². The minimum Gasteiger partial charge on any atom is -0.482 e. The summed E-state index contributed by atoms with van der Waals surface area (Å²) in [5.41, 5.74) is 1.69. The number of anilines is 1. The average Bonchev–Trinajstić information content (AvgIpc) is 2.54. The van der Waals surface area contributed by atoms with E-state index in [1.54, 1.807) is 30.3 Å². The lowest BCUT2D eigenvalue weighted by atomic mass is 10.2. The molecule has 1 amide bonds. The predicted molar refractivity (Wildman–Crippen MR) is 90.4 cm³/mol. The molecule has 2 aromatic rings. The zero-order valence-corrected chi connectivity index (χ0v) is 14.1. The molecular formula is C17H16BrNO4. The first kappa shape index (κ1) is 17.0. The van der Waals surface area contributed by atoms with E-state index in [-0.39, 0.29) is 13.2 Å². The van der Waals surface area contributed by atoms with E-state index in [0.29, 0.717) is 11.4 Å². The first-order chi connectivity index (χ1) is 11.0. The molecule has 23 heavy (non-hydrogen) atoms. The number of hydrogen-bond donors (Lipinski definition) is 1. The number of esters is 1. The number of para-hydroxylation sites is 1. The van der Waals surface area contributed by atoms with E-state index in [1.165, 1.54) is 0 Å². The fraction of sp³-hybridized carbons (Fsp3) is 0.176. The second-order valence-electron chi connectivity index (χ2n) is 4.79. The van der Waals surface area contributed by atoms with Crippen molar-refractivity contribution in [1.29, 1.82) is 0 Å². The predicted octanol–water partition coefficient (Wildman–Crippen LogP) is 3.32. The molecule has 0 bridgehead atoms. The van der Waals surface area contributed by atoms with Crippen LogP contribution in [0.4, 0.5) is 5.69 Å². The summed E-state index contributed by atoms with van der Waals surface area (Å²) in [5.74, 6) is -0.452. The van der Waals surface area contributed by atoms with Gasteiger partial charge in [-0.05, 0) is 52.7 Å². The van der Waals surface area contributed by atoms with E-state index in [2.05, 4.69) is 21.2 Å². The Morgan fingerprint density at radius 1 is 1.09 bits per heavy atom. The molecule has 0 aliphatic carbocycles. The van der Waals surface area contributed by atoms with Gasteiger partial charge in [0.2, 0.25) is 0 Å². The van der Waals surface area contributed by atoms with Gasteiger partial charge in [-0.25, -0.2) is 4.79 Å². The van der Waals surface area contributed by atoms with Gasteiger partial charge in [-0.3, -0.25) is 4.79 Å². The Hall–Kier alpha value is -2.34. The highest BCUT2D eigenvalue weighted by atomic mass is 79.9. The molecule has 0 radical (unpaired) electrons. The lowest BCUT2D eigenvalue weighted by Gasteiger charge is -2.09. The van der Waals surface area contributed by atoms with Gasteiger partial charge in [0.25, 0.3) is 5.91 Å². The minimum absolute atomic E-state index is 0.245. The lowest BCUT2D eigenvalue weighted by Crippen LogP contribution is -2.23. The number of nitrogens with one attached hydrogen (secondary N) is 1. The first-order valence-corrected chi connectivity index (χ1v) is 7.73. The van der Waals surface area contributed by atoms with Gasteiger partial charge < -0.3 is 14.8 Å². The molecular weight excluding hydrogens is 362 g/mol. The van der Waals surface area contributed by atoms with Crippen molar-refractivity contribution in [3.63, 3.8) is 0 Å². The summed E-state index contributed by atoms with van der Waals surface area (Å²) in [6, 6.07) is 14.4. The topological polar surface area (TPSA) is 64.6 Å². The molecule has 120 valence electrons. The van der Waals surface area contributed by atoms with Crippen molar-refractivity contribution in [2.45, 2.75) is 6.92 Å². The number of rotatable bonds is 6. The maximum absolute atomic E-state index is 11.8. The Bertz CT molecular complexity index is 688. The van der Waals surface area contributed by atoms with Gasteiger partial charge in [0.05, 0.1) is 5.69 Å². The number of ether oxygens (including phenoxy) is 2. The van der Waals surface area contributed by atoms with Gasteiger partial charge in [-0.15, -0.1) is 0 Å². The summed E-state index contributed by atoms with van der Waals surface area (Å²) < 4.78 is 10.9. The highest BCUT2D eigenvalue weighted by Gasteiger charge is 2.10. The van der Waals surface area contributed by atoms with E-state index in [0.717, 1.165) is 10.0 Å². The molecule has 5 nitrogen and oxygen atoms in total. The summed E-state index contributed by atoms with van der Waals surface area (Å²) in [5, 5.41) is 2.66. The van der Waals surface area contributed by atoms with Crippen LogP contribution in [0.2, 0.25) is 0 Å². The molecule has 6 heteroatoms. The van der Waals surface area contributed by atoms with Crippen LogP contribution in [0.25, 0.3) is 0 Å². The molecule has 2 aromatic carbocycles. The normalized spacial score (nSPS) is 10.0. The molecule has 0 fully saturated rings. The molecule has 2 rings (SSSR count). The summed E-state index contributed by atoms with van der Waals surface area (Å²) in [7, 11) is 0. The van der Waals surface area contributed by atoms with Crippen LogP contribution in [-0.4, -0.2) is 25.1 Å². The molecule has 0 heterocycles. The zero-order chi connectivity index (χ0) is 16.7. The number of benzene rings is 2. The van der Waals surface area contributed by atoms with Crippen LogP contribution in [0.3, 0.4) is 0 Å². The third kappa shape index (κ3) is 5.75.